The molecule has 1 aliphatic carbocycles. The summed E-state index contributed by atoms with van der Waals surface area (Å²) in [6.45, 7) is 6.29. The Balaban J connectivity index is 1.64. The lowest BCUT2D eigenvalue weighted by atomic mass is 9.94. The number of fused-ring (bicyclic) bond motifs is 1. The van der Waals surface area contributed by atoms with E-state index in [1.54, 1.807) is 24.3 Å². The molecule has 0 spiro atoms. The number of hydrogen-bond acceptors (Lipinski definition) is 4. The smallest absolute Gasteiger partial charge is 0.410 e. The molecule has 0 bridgehead atoms. The average Bonchev–Trinajstić information content (AvgIpc) is 2.90. The van der Waals surface area contributed by atoms with Crippen LogP contribution in [0, 0.1) is 0 Å². The van der Waals surface area contributed by atoms with Crippen LogP contribution in [0.2, 0.25) is 0 Å². The molecule has 0 unspecified atom stereocenters. The Hall–Kier alpha value is -3.80. The number of carbonyl (C=O) groups is 2. The number of carbonyl (C=O) groups excluding carboxylic acids is 1. The zero-order valence-corrected chi connectivity index (χ0v) is 22.5. The Bertz CT molecular complexity index is 1280. The molecule has 0 heterocycles. The van der Waals surface area contributed by atoms with E-state index in [-0.39, 0.29) is 24.3 Å². The number of nitrogens with zero attached hydrogens (tertiary/aromatic N) is 1. The van der Waals surface area contributed by atoms with Crippen LogP contribution in [-0.2, 0) is 4.74 Å². The molecular weight excluding hydrogens is 478 g/mol. The fourth-order valence-electron chi connectivity index (χ4n) is 4.86. The molecule has 0 atom stereocenters. The Kier molecular flexibility index (Phi) is 8.72. The van der Waals surface area contributed by atoms with Gasteiger partial charge in [0.1, 0.15) is 18.0 Å². The van der Waals surface area contributed by atoms with Crippen molar-refractivity contribution >= 4 is 28.9 Å². The van der Waals surface area contributed by atoms with Crippen LogP contribution in [0.3, 0.4) is 0 Å². The lowest BCUT2D eigenvalue weighted by Gasteiger charge is -2.36. The van der Waals surface area contributed by atoms with Crippen LogP contribution in [0.1, 0.15) is 68.8 Å². The van der Waals surface area contributed by atoms with Crippen LogP contribution in [-0.4, -0.2) is 46.9 Å². The highest BCUT2D eigenvalue weighted by Gasteiger charge is 2.30. The second-order valence-electron chi connectivity index (χ2n) is 10.9. The highest BCUT2D eigenvalue weighted by molar-refractivity contribution is 5.88. The van der Waals surface area contributed by atoms with Gasteiger partial charge in [-0.05, 0) is 68.3 Å². The third kappa shape index (κ3) is 7.37. The van der Waals surface area contributed by atoms with Crippen molar-refractivity contribution in [3.63, 3.8) is 0 Å². The van der Waals surface area contributed by atoms with E-state index in [0.29, 0.717) is 6.54 Å². The molecule has 1 fully saturated rings. The number of rotatable bonds is 8. The van der Waals surface area contributed by atoms with Crippen molar-refractivity contribution in [3.8, 4) is 5.75 Å². The number of carboxylic acid groups (broad SMARTS) is 1. The third-order valence-corrected chi connectivity index (χ3v) is 6.71. The molecule has 6 nitrogen and oxygen atoms in total. The summed E-state index contributed by atoms with van der Waals surface area (Å²) in [6, 6.07) is 20.9. The monoisotopic (exact) mass is 515 g/mol. The highest BCUT2D eigenvalue weighted by atomic mass is 16.6. The molecule has 1 N–H and O–H groups in total. The number of ether oxygens (including phenoxy) is 2. The Labute approximate surface area is 224 Å². The normalized spacial score (nSPS) is 14.8. The molecule has 0 saturated heterocycles. The van der Waals surface area contributed by atoms with Crippen LogP contribution >= 0.6 is 0 Å². The quantitative estimate of drug-likeness (QED) is 0.335. The minimum absolute atomic E-state index is 0.106. The summed E-state index contributed by atoms with van der Waals surface area (Å²) in [5, 5.41) is 11.4. The lowest BCUT2D eigenvalue weighted by molar-refractivity contribution is 0.0141. The largest absolute Gasteiger partial charge is 0.489 e. The Morgan fingerprint density at radius 1 is 0.947 bits per heavy atom. The first-order chi connectivity index (χ1) is 18.2. The van der Waals surface area contributed by atoms with Crippen LogP contribution in [0.15, 0.2) is 72.3 Å². The minimum atomic E-state index is -0.964. The topological polar surface area (TPSA) is 76.1 Å². The number of amides is 1. The molecule has 0 aliphatic heterocycles. The van der Waals surface area contributed by atoms with Gasteiger partial charge in [0.25, 0.3) is 0 Å². The van der Waals surface area contributed by atoms with Crippen molar-refractivity contribution in [1.82, 2.24) is 4.90 Å². The van der Waals surface area contributed by atoms with Gasteiger partial charge in [0, 0.05) is 18.0 Å². The molecule has 6 heteroatoms. The maximum Gasteiger partial charge on any atom is 0.410 e. The number of benzene rings is 3. The van der Waals surface area contributed by atoms with E-state index in [1.165, 1.54) is 6.42 Å². The van der Waals surface area contributed by atoms with Crippen molar-refractivity contribution in [1.29, 1.82) is 0 Å². The molecule has 1 aliphatic rings. The van der Waals surface area contributed by atoms with Gasteiger partial charge in [-0.2, -0.15) is 0 Å². The van der Waals surface area contributed by atoms with E-state index in [9.17, 15) is 14.7 Å². The minimum Gasteiger partial charge on any atom is -0.489 e. The summed E-state index contributed by atoms with van der Waals surface area (Å²) in [4.78, 5) is 26.6. The molecule has 4 rings (SSSR count). The summed E-state index contributed by atoms with van der Waals surface area (Å²) in [5.41, 5.74) is 1.38. The van der Waals surface area contributed by atoms with E-state index in [1.807, 2.05) is 62.1 Å². The van der Waals surface area contributed by atoms with Gasteiger partial charge in [-0.3, -0.25) is 0 Å². The van der Waals surface area contributed by atoms with Gasteiger partial charge in [-0.25, -0.2) is 9.59 Å². The van der Waals surface area contributed by atoms with Gasteiger partial charge in [-0.1, -0.05) is 73.9 Å². The first-order valence-corrected chi connectivity index (χ1v) is 13.3. The van der Waals surface area contributed by atoms with E-state index in [0.717, 1.165) is 53.3 Å². The Morgan fingerprint density at radius 2 is 1.63 bits per heavy atom. The molecule has 200 valence electrons. The zero-order chi connectivity index (χ0) is 27.1. The van der Waals surface area contributed by atoms with Gasteiger partial charge >= 0.3 is 12.1 Å². The third-order valence-electron chi connectivity index (χ3n) is 6.71. The highest BCUT2D eigenvalue weighted by Crippen LogP contribution is 2.28. The van der Waals surface area contributed by atoms with Crippen LogP contribution in [0.4, 0.5) is 4.79 Å². The molecule has 0 aromatic heterocycles. The first-order valence-electron chi connectivity index (χ1n) is 13.3. The van der Waals surface area contributed by atoms with Gasteiger partial charge in [-0.15, -0.1) is 0 Å². The summed E-state index contributed by atoms with van der Waals surface area (Å²) in [7, 11) is 0. The predicted octanol–water partition coefficient (Wildman–Crippen LogP) is 7.57. The number of carboxylic acids is 1. The lowest BCUT2D eigenvalue weighted by Crippen LogP contribution is -2.45. The van der Waals surface area contributed by atoms with E-state index in [2.05, 4.69) is 12.1 Å². The molecule has 1 saturated carbocycles. The SMILES string of the molecule is CC(C)(C)OC(=O)N(CC(=Cc1ccc(C(=O)O)cc1)COc1cccc2ccccc12)C1CCCCC1. The predicted molar refractivity (Wildman–Crippen MR) is 151 cm³/mol. The van der Waals surface area contributed by atoms with E-state index >= 15 is 0 Å². The number of hydrogen-bond donors (Lipinski definition) is 1. The van der Waals surface area contributed by atoms with Gasteiger partial charge in [0.15, 0.2) is 0 Å². The van der Waals surface area contributed by atoms with Crippen molar-refractivity contribution in [2.24, 2.45) is 0 Å². The van der Waals surface area contributed by atoms with Crippen molar-refractivity contribution in [3.05, 3.63) is 83.4 Å². The summed E-state index contributed by atoms with van der Waals surface area (Å²) >= 11 is 0. The average molecular weight is 516 g/mol. The summed E-state index contributed by atoms with van der Waals surface area (Å²) in [5.74, 6) is -0.190. The van der Waals surface area contributed by atoms with E-state index in [4.69, 9.17) is 9.47 Å². The standard InChI is InChI=1S/C32H37NO5/c1-32(2,3)38-31(36)33(27-12-5-4-6-13-27)21-24(20-23-16-18-26(19-17-23)30(34)35)22-37-29-15-9-11-25-10-7-8-14-28(25)29/h7-11,14-20,27H,4-6,12-13,21-22H2,1-3H3,(H,34,35). The number of aromatic carboxylic acids is 1. The van der Waals surface area contributed by atoms with Gasteiger partial charge in [0.2, 0.25) is 0 Å². The molecule has 0 radical (unpaired) electrons. The fourth-order valence-corrected chi connectivity index (χ4v) is 4.86. The van der Waals surface area contributed by atoms with Crippen LogP contribution in [0.25, 0.3) is 16.8 Å². The van der Waals surface area contributed by atoms with Crippen molar-refractivity contribution < 1.29 is 24.2 Å². The second-order valence-corrected chi connectivity index (χ2v) is 10.9. The van der Waals surface area contributed by atoms with Crippen molar-refractivity contribution in [2.75, 3.05) is 13.2 Å². The van der Waals surface area contributed by atoms with Crippen LogP contribution in [0.5, 0.6) is 5.75 Å². The van der Waals surface area contributed by atoms with Crippen LogP contribution < -0.4 is 4.74 Å². The molecule has 1 amide bonds. The molecule has 3 aromatic carbocycles. The van der Waals surface area contributed by atoms with Gasteiger partial charge in [0.05, 0.1) is 5.56 Å². The zero-order valence-electron chi connectivity index (χ0n) is 22.5. The van der Waals surface area contributed by atoms with Crippen molar-refractivity contribution in [2.45, 2.75) is 64.5 Å². The van der Waals surface area contributed by atoms with E-state index < -0.39 is 11.6 Å². The first kappa shape index (κ1) is 27.2. The van der Waals surface area contributed by atoms with Gasteiger partial charge < -0.3 is 19.5 Å². The fraction of sp³-hybridized carbons (Fsp3) is 0.375. The maximum absolute atomic E-state index is 13.4. The Morgan fingerprint density at radius 3 is 2.32 bits per heavy atom. The molecular formula is C32H37NO5. The summed E-state index contributed by atoms with van der Waals surface area (Å²) < 4.78 is 12.2. The second kappa shape index (κ2) is 12.2. The maximum atomic E-state index is 13.4. The molecule has 38 heavy (non-hydrogen) atoms. The summed E-state index contributed by atoms with van der Waals surface area (Å²) in [6.07, 6.45) is 6.92. The molecule has 3 aromatic rings.